The van der Waals surface area contributed by atoms with E-state index in [0.29, 0.717) is 0 Å². The molecule has 2 heterocycles. The molecular weight excluding hydrogens is 300 g/mol. The number of alkyl halides is 1. The van der Waals surface area contributed by atoms with Crippen molar-refractivity contribution in [3.8, 4) is 11.9 Å². The Hall–Kier alpha value is -2.39. The molecule has 0 fully saturated rings. The van der Waals surface area contributed by atoms with Crippen molar-refractivity contribution in [1.82, 2.24) is 14.5 Å². The van der Waals surface area contributed by atoms with E-state index in [0.717, 1.165) is 0 Å². The Morgan fingerprint density at radius 1 is 1.67 bits per heavy atom. The molecule has 108 valence electrons. The van der Waals surface area contributed by atoms with Crippen LogP contribution in [0.2, 0.25) is 0 Å². The third-order valence-corrected chi connectivity index (χ3v) is 2.87. The molecule has 0 aliphatic carbocycles. The molecule has 8 nitrogen and oxygen atoms in total. The van der Waals surface area contributed by atoms with Crippen molar-refractivity contribution in [2.24, 2.45) is 0 Å². The molecule has 1 atom stereocenters. The Bertz CT molecular complexity index is 879. The average molecular weight is 309 g/mol. The van der Waals surface area contributed by atoms with Gasteiger partial charge in [0.05, 0.1) is 0 Å². The normalized spacial score (nSPS) is 11.8. The topological polar surface area (TPSA) is 127 Å². The van der Waals surface area contributed by atoms with Crippen molar-refractivity contribution < 1.29 is 13.7 Å². The predicted octanol–water partition coefficient (Wildman–Crippen LogP) is 0.742. The predicted molar refractivity (Wildman–Crippen MR) is 71.8 cm³/mol. The van der Waals surface area contributed by atoms with E-state index >= 15 is 0 Å². The van der Waals surface area contributed by atoms with Gasteiger partial charge in [-0.15, -0.1) is 0 Å². The van der Waals surface area contributed by atoms with E-state index in [2.05, 4.69) is 9.97 Å². The number of nitrogens with zero attached hydrogens (tertiary/aromatic N) is 3. The van der Waals surface area contributed by atoms with Crippen LogP contribution in [-0.4, -0.2) is 27.3 Å². The first-order chi connectivity index (χ1) is 10.1. The molecular formula is C11H9FN5O3P. The van der Waals surface area contributed by atoms with Crippen molar-refractivity contribution in [2.75, 3.05) is 12.4 Å². The molecule has 0 aliphatic heterocycles. The summed E-state index contributed by atoms with van der Waals surface area (Å²) in [5.41, 5.74) is 5.15. The van der Waals surface area contributed by atoms with Crippen LogP contribution in [0, 0.1) is 17.1 Å². The maximum atomic E-state index is 12.9. The zero-order valence-electron chi connectivity index (χ0n) is 10.5. The number of rotatable bonds is 4. The summed E-state index contributed by atoms with van der Waals surface area (Å²) in [5.74, 6) is 1.88. The van der Waals surface area contributed by atoms with Crippen LogP contribution < -0.4 is 11.3 Å². The summed E-state index contributed by atoms with van der Waals surface area (Å²) in [7, 11) is -0.506. The molecule has 0 aliphatic rings. The number of nitrogens with two attached hydrogens (primary N) is 1. The molecule has 0 saturated heterocycles. The summed E-state index contributed by atoms with van der Waals surface area (Å²) in [6.45, 7) is -0.921. The zero-order chi connectivity index (χ0) is 15.4. The van der Waals surface area contributed by atoms with E-state index in [1.807, 2.05) is 11.9 Å². The summed E-state index contributed by atoms with van der Waals surface area (Å²) in [6.07, 6.45) is 0.378. The Morgan fingerprint density at radius 2 is 2.43 bits per heavy atom. The van der Waals surface area contributed by atoms with Crippen LogP contribution in [0.15, 0.2) is 11.0 Å². The maximum absolute atomic E-state index is 12.9. The van der Waals surface area contributed by atoms with E-state index in [-0.39, 0.29) is 29.1 Å². The van der Waals surface area contributed by atoms with E-state index in [4.69, 9.17) is 15.7 Å². The van der Waals surface area contributed by atoms with Gasteiger partial charge in [0.1, 0.15) is 0 Å². The number of anilines is 1. The fourth-order valence-corrected chi connectivity index (χ4v) is 2.06. The van der Waals surface area contributed by atoms with Crippen molar-refractivity contribution in [3.63, 3.8) is 0 Å². The Morgan fingerprint density at radius 3 is 3.05 bits per heavy atom. The van der Waals surface area contributed by atoms with Crippen LogP contribution in [0.1, 0.15) is 5.56 Å². The molecule has 21 heavy (non-hydrogen) atoms. The van der Waals surface area contributed by atoms with Gasteiger partial charge in [-0.25, -0.2) is 0 Å². The number of H-pyrrole nitrogens is 1. The number of hydrogen-bond acceptors (Lipinski definition) is 6. The second kappa shape index (κ2) is 6.37. The van der Waals surface area contributed by atoms with Gasteiger partial charge in [-0.2, -0.15) is 0 Å². The molecule has 0 unspecified atom stereocenters. The third kappa shape index (κ3) is 3.03. The van der Waals surface area contributed by atoms with Gasteiger partial charge in [-0.1, -0.05) is 0 Å². The average Bonchev–Trinajstić information content (AvgIpc) is 2.81. The number of aromatic amines is 1. The van der Waals surface area contributed by atoms with Crippen LogP contribution >= 0.6 is 7.92 Å². The number of halogens is 1. The number of nitriles is 1. The van der Waals surface area contributed by atoms with Crippen molar-refractivity contribution in [2.45, 2.75) is 12.6 Å². The SMILES string of the molecule is N#Cc1cn(C[C@@H](CF)OC#P=O)c2nc(N)[nH]c(=O)c12. The molecule has 0 radical (unpaired) electrons. The number of fused-ring (bicyclic) bond motifs is 1. The van der Waals surface area contributed by atoms with Gasteiger partial charge < -0.3 is 0 Å². The summed E-state index contributed by atoms with van der Waals surface area (Å²) < 4.78 is 29.3. The molecule has 0 aromatic carbocycles. The summed E-state index contributed by atoms with van der Waals surface area (Å²) >= 11 is 0. The van der Waals surface area contributed by atoms with Crippen LogP contribution in [0.3, 0.4) is 0 Å². The van der Waals surface area contributed by atoms with Gasteiger partial charge in [0, 0.05) is 0 Å². The quantitative estimate of drug-likeness (QED) is 0.802. The number of aromatic nitrogens is 3. The summed E-state index contributed by atoms with van der Waals surface area (Å²) in [4.78, 5) is 18.1. The molecule has 2 rings (SSSR count). The van der Waals surface area contributed by atoms with Gasteiger partial charge in [-0.05, 0) is 0 Å². The van der Waals surface area contributed by atoms with Gasteiger partial charge in [-0.3, -0.25) is 0 Å². The summed E-state index contributed by atoms with van der Waals surface area (Å²) in [5, 5.41) is 9.11. The van der Waals surface area contributed by atoms with E-state index in [1.165, 1.54) is 10.8 Å². The third-order valence-electron chi connectivity index (χ3n) is 2.69. The van der Waals surface area contributed by atoms with Gasteiger partial charge >= 0.3 is 117 Å². The minimum atomic E-state index is -0.976. The standard InChI is InChI=1S/C11H9FN5O3P/c12-1-7(20-5-21-19)4-17-3-6(2-13)8-9(17)15-11(14)16-10(8)18/h3,7H,1,4H2,(H3,14,15,16,18)/t7-/m1/s1. The zero-order valence-corrected chi connectivity index (χ0v) is 11.4. The van der Waals surface area contributed by atoms with E-state index in [1.54, 1.807) is 0 Å². The van der Waals surface area contributed by atoms with Crippen LogP contribution in [0.5, 0.6) is 0 Å². The Labute approximate surface area is 118 Å². The number of ether oxygens (including phenoxy) is 1. The molecule has 0 spiro atoms. The van der Waals surface area contributed by atoms with Crippen LogP contribution in [0.25, 0.3) is 11.0 Å². The monoisotopic (exact) mass is 309 g/mol. The van der Waals surface area contributed by atoms with Gasteiger partial charge in [0.25, 0.3) is 0 Å². The van der Waals surface area contributed by atoms with Crippen LogP contribution in [-0.2, 0) is 15.8 Å². The van der Waals surface area contributed by atoms with Crippen molar-refractivity contribution >= 4 is 24.9 Å². The van der Waals surface area contributed by atoms with Crippen LogP contribution in [0.4, 0.5) is 10.3 Å². The van der Waals surface area contributed by atoms with E-state index in [9.17, 15) is 13.8 Å². The molecule has 0 bridgehead atoms. The molecule has 2 aromatic rings. The number of nitrogen functional groups attached to an aromatic ring is 1. The molecule has 3 N–H and O–H groups in total. The first-order valence-corrected chi connectivity index (χ1v) is 6.49. The first kappa shape index (κ1) is 15.0. The Kier molecular flexibility index (Phi) is 4.55. The molecule has 0 amide bonds. The number of hydrogen-bond donors (Lipinski definition) is 2. The number of nitrogens with one attached hydrogen (secondary N) is 1. The Balaban J connectivity index is 2.53. The molecule has 0 saturated carbocycles. The minimum absolute atomic E-state index is 0.0485. The fourth-order valence-electron chi connectivity index (χ4n) is 1.87. The van der Waals surface area contributed by atoms with Gasteiger partial charge in [0.15, 0.2) is 0 Å². The van der Waals surface area contributed by atoms with Gasteiger partial charge in [0.2, 0.25) is 0 Å². The van der Waals surface area contributed by atoms with Crippen molar-refractivity contribution in [1.29, 1.82) is 5.26 Å². The molecule has 10 heteroatoms. The molecule has 2 aromatic heterocycles. The second-order valence-corrected chi connectivity index (χ2v) is 4.40. The van der Waals surface area contributed by atoms with Crippen molar-refractivity contribution in [3.05, 3.63) is 22.1 Å². The summed E-state index contributed by atoms with van der Waals surface area (Å²) in [6, 6.07) is 1.86. The first-order valence-electron chi connectivity index (χ1n) is 5.68. The second-order valence-electron chi connectivity index (χ2n) is 4.03. The van der Waals surface area contributed by atoms with E-state index < -0.39 is 26.3 Å². The fraction of sp³-hybridized carbons (Fsp3) is 0.273.